The molecule has 1 aromatic rings. The molecule has 0 atom stereocenters. The van der Waals surface area contributed by atoms with E-state index in [-0.39, 0.29) is 30.4 Å². The summed E-state index contributed by atoms with van der Waals surface area (Å²) in [6.45, 7) is 4.40. The Bertz CT molecular complexity index is 505. The number of benzene rings is 1. The molecule has 0 saturated heterocycles. The van der Waals surface area contributed by atoms with E-state index < -0.39 is 11.8 Å². The molecule has 0 unspecified atom stereocenters. The summed E-state index contributed by atoms with van der Waals surface area (Å²) < 4.78 is 13.8. The molecule has 6 heteroatoms. The maximum Gasteiger partial charge on any atom is 0.305 e. The van der Waals surface area contributed by atoms with E-state index in [1.165, 1.54) is 17.0 Å². The molecule has 1 amide bonds. The van der Waals surface area contributed by atoms with Crippen molar-refractivity contribution in [3.05, 3.63) is 34.1 Å². The normalized spacial score (nSPS) is 10.7. The fraction of sp³-hybridized carbons (Fsp3) is 0.429. The minimum absolute atomic E-state index is 0.106. The van der Waals surface area contributed by atoms with Gasteiger partial charge in [-0.3, -0.25) is 9.59 Å². The summed E-state index contributed by atoms with van der Waals surface area (Å²) >= 11 is 3.22. The first kappa shape index (κ1) is 16.6. The smallest absolute Gasteiger partial charge is 0.305 e. The highest BCUT2D eigenvalue weighted by atomic mass is 79.9. The Labute approximate surface area is 125 Å². The van der Waals surface area contributed by atoms with Gasteiger partial charge < -0.3 is 10.0 Å². The fourth-order valence-corrected chi connectivity index (χ4v) is 2.20. The minimum Gasteiger partial charge on any atom is -0.481 e. The van der Waals surface area contributed by atoms with Crippen LogP contribution in [0.5, 0.6) is 0 Å². The van der Waals surface area contributed by atoms with E-state index in [9.17, 15) is 14.0 Å². The van der Waals surface area contributed by atoms with Crippen molar-refractivity contribution < 1.29 is 19.1 Å². The van der Waals surface area contributed by atoms with E-state index in [0.29, 0.717) is 11.0 Å². The van der Waals surface area contributed by atoms with Crippen molar-refractivity contribution in [2.75, 3.05) is 13.1 Å². The molecule has 20 heavy (non-hydrogen) atoms. The van der Waals surface area contributed by atoms with Crippen LogP contribution in [0, 0.1) is 11.7 Å². The number of nitrogens with zero attached hydrogens (tertiary/aromatic N) is 1. The Hall–Kier alpha value is -1.43. The van der Waals surface area contributed by atoms with Gasteiger partial charge in [-0.05, 0) is 40.0 Å². The zero-order valence-electron chi connectivity index (χ0n) is 11.4. The first-order chi connectivity index (χ1) is 9.31. The molecule has 0 aromatic heterocycles. The second-order valence-corrected chi connectivity index (χ2v) is 5.77. The average Bonchev–Trinajstić information content (AvgIpc) is 2.36. The van der Waals surface area contributed by atoms with Gasteiger partial charge in [0.1, 0.15) is 5.82 Å². The quantitative estimate of drug-likeness (QED) is 0.861. The summed E-state index contributed by atoms with van der Waals surface area (Å²) in [6, 6.07) is 3.87. The van der Waals surface area contributed by atoms with Crippen molar-refractivity contribution in [1.29, 1.82) is 0 Å². The number of carboxylic acid groups (broad SMARTS) is 1. The predicted molar refractivity (Wildman–Crippen MR) is 77.1 cm³/mol. The Morgan fingerprint density at radius 1 is 1.40 bits per heavy atom. The van der Waals surface area contributed by atoms with Gasteiger partial charge in [0.05, 0.1) is 12.0 Å². The zero-order chi connectivity index (χ0) is 15.3. The van der Waals surface area contributed by atoms with Gasteiger partial charge in [0.25, 0.3) is 5.91 Å². The molecule has 0 saturated carbocycles. The topological polar surface area (TPSA) is 57.6 Å². The number of aliphatic carboxylic acids is 1. The van der Waals surface area contributed by atoms with Crippen molar-refractivity contribution in [3.8, 4) is 0 Å². The van der Waals surface area contributed by atoms with Gasteiger partial charge in [0, 0.05) is 17.6 Å². The van der Waals surface area contributed by atoms with Crippen LogP contribution in [-0.2, 0) is 4.79 Å². The van der Waals surface area contributed by atoms with Crippen molar-refractivity contribution in [2.24, 2.45) is 5.92 Å². The van der Waals surface area contributed by atoms with Gasteiger partial charge in [-0.15, -0.1) is 0 Å². The number of hydrogen-bond acceptors (Lipinski definition) is 2. The Morgan fingerprint density at radius 2 is 2.05 bits per heavy atom. The lowest BCUT2D eigenvalue weighted by Gasteiger charge is -2.24. The molecule has 0 heterocycles. The van der Waals surface area contributed by atoms with Gasteiger partial charge in [-0.25, -0.2) is 4.39 Å². The van der Waals surface area contributed by atoms with Crippen LogP contribution >= 0.6 is 15.9 Å². The monoisotopic (exact) mass is 345 g/mol. The summed E-state index contributed by atoms with van der Waals surface area (Å²) in [4.78, 5) is 24.5. The van der Waals surface area contributed by atoms with Crippen molar-refractivity contribution in [3.63, 3.8) is 0 Å². The van der Waals surface area contributed by atoms with E-state index in [1.54, 1.807) is 0 Å². The predicted octanol–water partition coefficient (Wildman–Crippen LogP) is 3.16. The SMILES string of the molecule is CC(C)CN(CCC(=O)O)C(=O)c1cc(F)ccc1Br. The molecule has 0 spiro atoms. The van der Waals surface area contributed by atoms with Gasteiger partial charge in [-0.2, -0.15) is 0 Å². The number of carbonyl (C=O) groups is 2. The maximum absolute atomic E-state index is 13.3. The molecule has 0 fully saturated rings. The van der Waals surface area contributed by atoms with Gasteiger partial charge in [0.2, 0.25) is 0 Å². The highest BCUT2D eigenvalue weighted by molar-refractivity contribution is 9.10. The Morgan fingerprint density at radius 3 is 2.60 bits per heavy atom. The van der Waals surface area contributed by atoms with Crippen LogP contribution in [0.15, 0.2) is 22.7 Å². The first-order valence-electron chi connectivity index (χ1n) is 6.27. The molecule has 1 rings (SSSR count). The molecule has 110 valence electrons. The minimum atomic E-state index is -0.968. The van der Waals surface area contributed by atoms with Crippen LogP contribution in [0.3, 0.4) is 0 Å². The van der Waals surface area contributed by atoms with Crippen LogP contribution in [0.25, 0.3) is 0 Å². The third-order valence-corrected chi connectivity index (χ3v) is 3.32. The number of carboxylic acids is 1. The van der Waals surface area contributed by atoms with Gasteiger partial charge >= 0.3 is 5.97 Å². The molecule has 0 aliphatic carbocycles. The second kappa shape index (κ2) is 7.38. The molecular weight excluding hydrogens is 329 g/mol. The van der Waals surface area contributed by atoms with Crippen molar-refractivity contribution in [1.82, 2.24) is 4.90 Å². The Kier molecular flexibility index (Phi) is 6.13. The number of hydrogen-bond donors (Lipinski definition) is 1. The number of amides is 1. The molecular formula is C14H17BrFNO3. The third kappa shape index (κ3) is 4.92. The second-order valence-electron chi connectivity index (χ2n) is 4.91. The van der Waals surface area contributed by atoms with Crippen molar-refractivity contribution in [2.45, 2.75) is 20.3 Å². The highest BCUT2D eigenvalue weighted by Gasteiger charge is 2.20. The Balaban J connectivity index is 2.96. The lowest BCUT2D eigenvalue weighted by atomic mass is 10.1. The van der Waals surface area contributed by atoms with E-state index >= 15 is 0 Å². The summed E-state index contributed by atoms with van der Waals surface area (Å²) in [5.41, 5.74) is 0.205. The summed E-state index contributed by atoms with van der Waals surface area (Å²) in [5, 5.41) is 8.74. The van der Waals surface area contributed by atoms with E-state index in [0.717, 1.165) is 6.07 Å². The highest BCUT2D eigenvalue weighted by Crippen LogP contribution is 2.20. The zero-order valence-corrected chi connectivity index (χ0v) is 13.0. The largest absolute Gasteiger partial charge is 0.481 e. The number of halogens is 2. The number of rotatable bonds is 6. The van der Waals surface area contributed by atoms with Gasteiger partial charge in [-0.1, -0.05) is 13.8 Å². The van der Waals surface area contributed by atoms with Crippen LogP contribution in [-0.4, -0.2) is 35.0 Å². The summed E-state index contributed by atoms with van der Waals surface area (Å²) in [7, 11) is 0. The van der Waals surface area contributed by atoms with Crippen molar-refractivity contribution >= 4 is 27.8 Å². The summed E-state index contributed by atoms with van der Waals surface area (Å²) in [5.74, 6) is -1.64. The van der Waals surface area contributed by atoms with Gasteiger partial charge in [0.15, 0.2) is 0 Å². The van der Waals surface area contributed by atoms with Crippen LogP contribution in [0.4, 0.5) is 4.39 Å². The van der Waals surface area contributed by atoms with E-state index in [2.05, 4.69) is 15.9 Å². The fourth-order valence-electron chi connectivity index (χ4n) is 1.78. The third-order valence-electron chi connectivity index (χ3n) is 2.63. The number of carbonyl (C=O) groups excluding carboxylic acids is 1. The molecule has 4 nitrogen and oxygen atoms in total. The van der Waals surface area contributed by atoms with E-state index in [4.69, 9.17) is 5.11 Å². The first-order valence-corrected chi connectivity index (χ1v) is 7.06. The molecule has 0 bridgehead atoms. The molecule has 1 N–H and O–H groups in total. The lowest BCUT2D eigenvalue weighted by molar-refractivity contribution is -0.137. The average molecular weight is 346 g/mol. The maximum atomic E-state index is 13.3. The van der Waals surface area contributed by atoms with Crippen LogP contribution in [0.2, 0.25) is 0 Å². The lowest BCUT2D eigenvalue weighted by Crippen LogP contribution is -2.36. The molecule has 0 aliphatic heterocycles. The molecule has 1 aromatic carbocycles. The van der Waals surface area contributed by atoms with Crippen LogP contribution < -0.4 is 0 Å². The van der Waals surface area contributed by atoms with E-state index in [1.807, 2.05) is 13.8 Å². The molecule has 0 aliphatic rings. The summed E-state index contributed by atoms with van der Waals surface area (Å²) in [6.07, 6.45) is -0.134. The molecule has 0 radical (unpaired) electrons. The standard InChI is InChI=1S/C14H17BrFNO3/c1-9(2)8-17(6-5-13(18)19)14(20)11-7-10(16)3-4-12(11)15/h3-4,7,9H,5-6,8H2,1-2H3,(H,18,19). The van der Waals surface area contributed by atoms with Crippen LogP contribution in [0.1, 0.15) is 30.6 Å².